The molecule has 0 bridgehead atoms. The number of nitrogens with zero attached hydrogens (tertiary/aromatic N) is 4. The Morgan fingerprint density at radius 3 is 2.36 bits per heavy atom. The van der Waals surface area contributed by atoms with Gasteiger partial charge in [-0.25, -0.2) is 4.79 Å². The van der Waals surface area contributed by atoms with Crippen molar-refractivity contribution in [3.8, 4) is 5.69 Å². The second-order valence-electron chi connectivity index (χ2n) is 9.16. The highest BCUT2D eigenvalue weighted by Crippen LogP contribution is 2.22. The smallest absolute Gasteiger partial charge is 0.410 e. The van der Waals surface area contributed by atoms with Crippen LogP contribution in [-0.2, 0) is 17.6 Å². The number of rotatable bonds is 3. The molecule has 33 heavy (non-hydrogen) atoms. The summed E-state index contributed by atoms with van der Waals surface area (Å²) in [6.07, 6.45) is 1.15. The number of benzene rings is 2. The molecule has 8 heteroatoms. The molecule has 8 nitrogen and oxygen atoms in total. The number of ether oxygens (including phenoxy) is 1. The Balaban J connectivity index is 1.45. The minimum absolute atomic E-state index is 0.282. The Labute approximate surface area is 193 Å². The SMILES string of the molecule is Cc1nn(-c2ccccc2)nc1C(=O)Nc1ccc2c(c1)CCN(C(=O)OC(C)(C)C)CC2. The van der Waals surface area contributed by atoms with Crippen LogP contribution in [0.4, 0.5) is 10.5 Å². The van der Waals surface area contributed by atoms with Gasteiger partial charge in [-0.05, 0) is 75.9 Å². The van der Waals surface area contributed by atoms with E-state index in [-0.39, 0.29) is 17.7 Å². The van der Waals surface area contributed by atoms with Crippen LogP contribution in [0.3, 0.4) is 0 Å². The zero-order chi connectivity index (χ0) is 23.6. The summed E-state index contributed by atoms with van der Waals surface area (Å²) in [6.45, 7) is 8.55. The lowest BCUT2D eigenvalue weighted by Crippen LogP contribution is -2.38. The minimum atomic E-state index is -0.520. The van der Waals surface area contributed by atoms with Crippen molar-refractivity contribution >= 4 is 17.7 Å². The Morgan fingerprint density at radius 1 is 0.970 bits per heavy atom. The topological polar surface area (TPSA) is 89.4 Å². The van der Waals surface area contributed by atoms with Crippen molar-refractivity contribution in [2.45, 2.75) is 46.1 Å². The van der Waals surface area contributed by atoms with Crippen LogP contribution in [0.25, 0.3) is 5.69 Å². The Kier molecular flexibility index (Phi) is 6.18. The average molecular weight is 448 g/mol. The first kappa shape index (κ1) is 22.5. The number of carbonyl (C=O) groups is 2. The van der Waals surface area contributed by atoms with Gasteiger partial charge in [0.1, 0.15) is 5.60 Å². The highest BCUT2D eigenvalue weighted by molar-refractivity contribution is 6.03. The monoisotopic (exact) mass is 447 g/mol. The maximum Gasteiger partial charge on any atom is 0.410 e. The van der Waals surface area contributed by atoms with Crippen molar-refractivity contribution in [1.29, 1.82) is 0 Å². The van der Waals surface area contributed by atoms with E-state index in [0.29, 0.717) is 30.9 Å². The van der Waals surface area contributed by atoms with Crippen molar-refractivity contribution in [2.75, 3.05) is 18.4 Å². The molecule has 0 saturated carbocycles. The predicted octanol–water partition coefficient (Wildman–Crippen LogP) is 4.16. The van der Waals surface area contributed by atoms with Crippen LogP contribution in [-0.4, -0.2) is 50.6 Å². The van der Waals surface area contributed by atoms with Gasteiger partial charge < -0.3 is 15.0 Å². The molecule has 0 atom stereocenters. The molecule has 0 saturated heterocycles. The van der Waals surface area contributed by atoms with Gasteiger partial charge in [-0.1, -0.05) is 24.3 Å². The number of amides is 2. The largest absolute Gasteiger partial charge is 0.444 e. The summed E-state index contributed by atoms with van der Waals surface area (Å²) in [6, 6.07) is 15.3. The van der Waals surface area contributed by atoms with Gasteiger partial charge in [0.15, 0.2) is 5.69 Å². The number of anilines is 1. The average Bonchev–Trinajstić information content (AvgIpc) is 3.03. The van der Waals surface area contributed by atoms with Gasteiger partial charge in [0.25, 0.3) is 5.91 Å². The van der Waals surface area contributed by atoms with E-state index in [4.69, 9.17) is 4.74 Å². The standard InChI is InChI=1S/C25H29N5O3/c1-17-22(28-30(27-17)21-8-6-5-7-9-21)23(31)26-20-11-10-18-12-14-29(15-13-19(18)16-20)24(32)33-25(2,3)4/h5-11,16H,12-15H2,1-4H3,(H,26,31). The van der Waals surface area contributed by atoms with E-state index in [1.165, 1.54) is 10.4 Å². The third-order valence-electron chi connectivity index (χ3n) is 5.40. The molecule has 3 aromatic rings. The number of carbonyl (C=O) groups excluding carboxylic acids is 2. The van der Waals surface area contributed by atoms with E-state index in [9.17, 15) is 9.59 Å². The van der Waals surface area contributed by atoms with Crippen molar-refractivity contribution in [3.05, 3.63) is 71.0 Å². The highest BCUT2D eigenvalue weighted by Gasteiger charge is 2.24. The van der Waals surface area contributed by atoms with Crippen molar-refractivity contribution in [1.82, 2.24) is 19.9 Å². The Bertz CT molecular complexity index is 1160. The summed E-state index contributed by atoms with van der Waals surface area (Å²) < 4.78 is 5.52. The molecule has 1 aliphatic rings. The number of nitrogens with one attached hydrogen (secondary N) is 1. The summed E-state index contributed by atoms with van der Waals surface area (Å²) in [5.74, 6) is -0.307. The van der Waals surface area contributed by atoms with Gasteiger partial charge in [0.2, 0.25) is 0 Å². The van der Waals surface area contributed by atoms with Crippen LogP contribution in [0, 0.1) is 6.92 Å². The fourth-order valence-electron chi connectivity index (χ4n) is 3.77. The van der Waals surface area contributed by atoms with E-state index in [2.05, 4.69) is 15.5 Å². The number of hydrogen-bond donors (Lipinski definition) is 1. The maximum absolute atomic E-state index is 12.9. The maximum atomic E-state index is 12.9. The van der Waals surface area contributed by atoms with Crippen molar-refractivity contribution in [2.24, 2.45) is 0 Å². The molecule has 2 amide bonds. The molecule has 0 unspecified atom stereocenters. The number of hydrogen-bond acceptors (Lipinski definition) is 5. The summed E-state index contributed by atoms with van der Waals surface area (Å²) in [5, 5.41) is 11.7. The number of fused-ring (bicyclic) bond motifs is 1. The molecule has 2 aromatic carbocycles. The third-order valence-corrected chi connectivity index (χ3v) is 5.40. The molecule has 4 rings (SSSR count). The molecule has 1 N–H and O–H groups in total. The fourth-order valence-corrected chi connectivity index (χ4v) is 3.77. The number of aryl methyl sites for hydroxylation is 1. The second kappa shape index (κ2) is 9.05. The van der Waals surface area contributed by atoms with E-state index in [1.807, 2.05) is 69.3 Å². The second-order valence-corrected chi connectivity index (χ2v) is 9.16. The predicted molar refractivity (Wildman–Crippen MR) is 126 cm³/mol. The first-order valence-electron chi connectivity index (χ1n) is 11.1. The first-order chi connectivity index (χ1) is 15.7. The lowest BCUT2D eigenvalue weighted by atomic mass is 10.0. The highest BCUT2D eigenvalue weighted by atomic mass is 16.6. The zero-order valence-corrected chi connectivity index (χ0v) is 19.5. The molecule has 0 aliphatic carbocycles. The molecular formula is C25H29N5O3. The molecule has 1 aromatic heterocycles. The summed E-state index contributed by atoms with van der Waals surface area (Å²) in [4.78, 5) is 28.6. The lowest BCUT2D eigenvalue weighted by Gasteiger charge is -2.26. The van der Waals surface area contributed by atoms with Gasteiger partial charge >= 0.3 is 6.09 Å². The molecule has 1 aliphatic heterocycles. The van der Waals surface area contributed by atoms with E-state index in [1.54, 1.807) is 11.8 Å². The molecule has 0 fully saturated rings. The summed E-state index contributed by atoms with van der Waals surface area (Å²) in [5.41, 5.74) is 4.09. The van der Waals surface area contributed by atoms with Crippen LogP contribution in [0.2, 0.25) is 0 Å². The minimum Gasteiger partial charge on any atom is -0.444 e. The van der Waals surface area contributed by atoms with Crippen LogP contribution >= 0.6 is 0 Å². The van der Waals surface area contributed by atoms with Gasteiger partial charge in [0.05, 0.1) is 11.4 Å². The van der Waals surface area contributed by atoms with Crippen LogP contribution in [0.15, 0.2) is 48.5 Å². The van der Waals surface area contributed by atoms with E-state index in [0.717, 1.165) is 17.7 Å². The van der Waals surface area contributed by atoms with Gasteiger partial charge in [-0.15, -0.1) is 5.10 Å². The first-order valence-corrected chi connectivity index (χ1v) is 11.1. The normalized spacial score (nSPS) is 13.8. The summed E-state index contributed by atoms with van der Waals surface area (Å²) in [7, 11) is 0. The molecule has 172 valence electrons. The Morgan fingerprint density at radius 2 is 1.67 bits per heavy atom. The van der Waals surface area contributed by atoms with E-state index >= 15 is 0 Å². The van der Waals surface area contributed by atoms with Crippen molar-refractivity contribution < 1.29 is 14.3 Å². The third kappa shape index (κ3) is 5.39. The van der Waals surface area contributed by atoms with Crippen molar-refractivity contribution in [3.63, 3.8) is 0 Å². The fraction of sp³-hybridized carbons (Fsp3) is 0.360. The van der Waals surface area contributed by atoms with Crippen LogP contribution in [0.5, 0.6) is 0 Å². The van der Waals surface area contributed by atoms with Gasteiger partial charge in [-0.3, -0.25) is 4.79 Å². The van der Waals surface area contributed by atoms with Gasteiger partial charge in [-0.2, -0.15) is 9.90 Å². The molecular weight excluding hydrogens is 418 g/mol. The summed E-state index contributed by atoms with van der Waals surface area (Å²) >= 11 is 0. The number of aromatic nitrogens is 3. The molecule has 0 radical (unpaired) electrons. The number of para-hydroxylation sites is 1. The Hall–Kier alpha value is -3.68. The van der Waals surface area contributed by atoms with E-state index < -0.39 is 5.60 Å². The van der Waals surface area contributed by atoms with Crippen LogP contribution in [0.1, 0.15) is 48.1 Å². The molecule has 0 spiro atoms. The lowest BCUT2D eigenvalue weighted by molar-refractivity contribution is 0.0258. The zero-order valence-electron chi connectivity index (χ0n) is 19.5. The molecule has 2 heterocycles. The quantitative estimate of drug-likeness (QED) is 0.651. The van der Waals surface area contributed by atoms with Crippen LogP contribution < -0.4 is 5.32 Å². The van der Waals surface area contributed by atoms with Gasteiger partial charge in [0, 0.05) is 18.8 Å².